The number of hydrogen-bond donors (Lipinski definition) is 1. The van der Waals surface area contributed by atoms with E-state index in [-0.39, 0.29) is 5.82 Å². The van der Waals surface area contributed by atoms with Crippen molar-refractivity contribution in [1.29, 1.82) is 0 Å². The number of rotatable bonds is 4. The van der Waals surface area contributed by atoms with Crippen LogP contribution >= 0.6 is 0 Å². The third-order valence-corrected chi connectivity index (χ3v) is 4.54. The molecule has 1 fully saturated rings. The molecule has 106 valence electrons. The lowest BCUT2D eigenvalue weighted by molar-refractivity contribution is 0.157. The van der Waals surface area contributed by atoms with Crippen LogP contribution in [0.4, 0.5) is 10.1 Å². The number of nitrogen functional groups attached to an aromatic ring is 1. The molecule has 0 saturated heterocycles. The Kier molecular flexibility index (Phi) is 4.81. The van der Waals surface area contributed by atoms with Crippen LogP contribution in [0.5, 0.6) is 0 Å². The summed E-state index contributed by atoms with van der Waals surface area (Å²) in [6.07, 6.45) is 6.45. The highest BCUT2D eigenvalue weighted by Crippen LogP contribution is 2.30. The number of anilines is 1. The minimum Gasteiger partial charge on any atom is -0.398 e. The first kappa shape index (κ1) is 14.3. The standard InChI is InChI=1S/C16H25FN2/c1-3-12-4-7-15(8-5-12)19(2)11-13-10-14(17)6-9-16(13)18/h6,9-10,12,15H,3-5,7-8,11,18H2,1-2H3. The van der Waals surface area contributed by atoms with Gasteiger partial charge in [-0.05, 0) is 62.4 Å². The predicted molar refractivity (Wildman–Crippen MR) is 78.3 cm³/mol. The zero-order valence-corrected chi connectivity index (χ0v) is 12.0. The normalized spacial score (nSPS) is 23.8. The van der Waals surface area contributed by atoms with Gasteiger partial charge >= 0.3 is 0 Å². The van der Waals surface area contributed by atoms with Crippen LogP contribution in [0.1, 0.15) is 44.6 Å². The van der Waals surface area contributed by atoms with E-state index < -0.39 is 0 Å². The minimum absolute atomic E-state index is 0.202. The summed E-state index contributed by atoms with van der Waals surface area (Å²) in [5.41, 5.74) is 7.51. The van der Waals surface area contributed by atoms with Gasteiger partial charge in [0.15, 0.2) is 0 Å². The molecule has 2 nitrogen and oxygen atoms in total. The van der Waals surface area contributed by atoms with Crippen LogP contribution in [-0.4, -0.2) is 18.0 Å². The molecule has 1 aromatic rings. The van der Waals surface area contributed by atoms with Crippen LogP contribution in [0.15, 0.2) is 18.2 Å². The smallest absolute Gasteiger partial charge is 0.123 e. The second kappa shape index (κ2) is 6.38. The maximum atomic E-state index is 13.3. The van der Waals surface area contributed by atoms with E-state index in [0.29, 0.717) is 11.7 Å². The number of halogens is 1. The van der Waals surface area contributed by atoms with E-state index in [0.717, 1.165) is 18.0 Å². The Morgan fingerprint density at radius 1 is 1.26 bits per heavy atom. The van der Waals surface area contributed by atoms with Crippen molar-refractivity contribution in [1.82, 2.24) is 4.90 Å². The van der Waals surface area contributed by atoms with Crippen molar-refractivity contribution in [3.8, 4) is 0 Å². The van der Waals surface area contributed by atoms with Crippen LogP contribution in [-0.2, 0) is 6.54 Å². The summed E-state index contributed by atoms with van der Waals surface area (Å²) < 4.78 is 13.3. The van der Waals surface area contributed by atoms with Gasteiger partial charge in [0.05, 0.1) is 0 Å². The van der Waals surface area contributed by atoms with Crippen LogP contribution in [0.25, 0.3) is 0 Å². The highest BCUT2D eigenvalue weighted by Gasteiger charge is 2.23. The maximum absolute atomic E-state index is 13.3. The summed E-state index contributed by atoms with van der Waals surface area (Å²) in [6, 6.07) is 5.26. The molecule has 1 aliphatic rings. The third kappa shape index (κ3) is 3.69. The molecule has 3 heteroatoms. The lowest BCUT2D eigenvalue weighted by Crippen LogP contribution is -2.34. The fourth-order valence-corrected chi connectivity index (χ4v) is 3.10. The Morgan fingerprint density at radius 3 is 2.58 bits per heavy atom. The van der Waals surface area contributed by atoms with Crippen molar-refractivity contribution in [2.75, 3.05) is 12.8 Å². The molecule has 2 rings (SSSR count). The van der Waals surface area contributed by atoms with Crippen molar-refractivity contribution in [2.45, 2.75) is 51.6 Å². The fourth-order valence-electron chi connectivity index (χ4n) is 3.10. The van der Waals surface area contributed by atoms with Crippen LogP contribution in [0.3, 0.4) is 0 Å². The average Bonchev–Trinajstić information content (AvgIpc) is 2.43. The number of hydrogen-bond acceptors (Lipinski definition) is 2. The zero-order chi connectivity index (χ0) is 13.8. The monoisotopic (exact) mass is 264 g/mol. The minimum atomic E-state index is -0.202. The molecule has 0 radical (unpaired) electrons. The van der Waals surface area contributed by atoms with Crippen LogP contribution in [0, 0.1) is 11.7 Å². The van der Waals surface area contributed by atoms with E-state index in [4.69, 9.17) is 5.73 Å². The van der Waals surface area contributed by atoms with Crippen molar-refractivity contribution in [2.24, 2.45) is 5.92 Å². The molecule has 19 heavy (non-hydrogen) atoms. The van der Waals surface area contributed by atoms with Gasteiger partial charge in [0, 0.05) is 18.3 Å². The lowest BCUT2D eigenvalue weighted by atomic mass is 9.84. The predicted octanol–water partition coefficient (Wildman–Crippen LogP) is 3.81. The average molecular weight is 264 g/mol. The van der Waals surface area contributed by atoms with Crippen LogP contribution < -0.4 is 5.73 Å². The molecule has 0 amide bonds. The second-order valence-electron chi connectivity index (χ2n) is 5.84. The van der Waals surface area contributed by atoms with Gasteiger partial charge in [-0.2, -0.15) is 0 Å². The topological polar surface area (TPSA) is 29.3 Å². The molecule has 0 spiro atoms. The molecule has 1 saturated carbocycles. The Balaban J connectivity index is 1.94. The number of benzene rings is 1. The van der Waals surface area contributed by atoms with Crippen molar-refractivity contribution in [3.05, 3.63) is 29.6 Å². The first-order valence-corrected chi connectivity index (χ1v) is 7.34. The first-order valence-electron chi connectivity index (χ1n) is 7.34. The molecule has 0 aromatic heterocycles. The Morgan fingerprint density at radius 2 is 1.95 bits per heavy atom. The first-order chi connectivity index (χ1) is 9.10. The highest BCUT2D eigenvalue weighted by molar-refractivity contribution is 5.46. The van der Waals surface area contributed by atoms with Gasteiger partial charge < -0.3 is 5.73 Å². The van der Waals surface area contributed by atoms with Crippen molar-refractivity contribution in [3.63, 3.8) is 0 Å². The quantitative estimate of drug-likeness (QED) is 0.838. The lowest BCUT2D eigenvalue weighted by Gasteiger charge is -2.34. The van der Waals surface area contributed by atoms with E-state index in [1.807, 2.05) is 0 Å². The van der Waals surface area contributed by atoms with Crippen molar-refractivity contribution >= 4 is 5.69 Å². The largest absolute Gasteiger partial charge is 0.398 e. The zero-order valence-electron chi connectivity index (χ0n) is 12.0. The van der Waals surface area contributed by atoms with Gasteiger partial charge in [0.25, 0.3) is 0 Å². The van der Waals surface area contributed by atoms with Gasteiger partial charge in [0.2, 0.25) is 0 Å². The van der Waals surface area contributed by atoms with E-state index in [9.17, 15) is 4.39 Å². The van der Waals surface area contributed by atoms with E-state index in [1.165, 1.54) is 38.2 Å². The number of nitrogens with two attached hydrogens (primary N) is 1. The summed E-state index contributed by atoms with van der Waals surface area (Å²) in [5.74, 6) is 0.705. The molecule has 0 atom stereocenters. The van der Waals surface area contributed by atoms with E-state index in [2.05, 4.69) is 18.9 Å². The fraction of sp³-hybridized carbons (Fsp3) is 0.625. The molecule has 0 aliphatic heterocycles. The van der Waals surface area contributed by atoms with Gasteiger partial charge in [0.1, 0.15) is 5.82 Å². The molecule has 0 bridgehead atoms. The maximum Gasteiger partial charge on any atom is 0.123 e. The summed E-state index contributed by atoms with van der Waals surface area (Å²) in [6.45, 7) is 3.02. The Hall–Kier alpha value is -1.09. The summed E-state index contributed by atoms with van der Waals surface area (Å²) in [4.78, 5) is 2.33. The number of nitrogens with zero attached hydrogens (tertiary/aromatic N) is 1. The molecule has 1 aromatic carbocycles. The van der Waals surface area contributed by atoms with Gasteiger partial charge in [-0.15, -0.1) is 0 Å². The highest BCUT2D eigenvalue weighted by atomic mass is 19.1. The van der Waals surface area contributed by atoms with E-state index in [1.54, 1.807) is 12.1 Å². The van der Waals surface area contributed by atoms with Crippen molar-refractivity contribution < 1.29 is 4.39 Å². The van der Waals surface area contributed by atoms with Gasteiger partial charge in [-0.25, -0.2) is 4.39 Å². The molecular formula is C16H25FN2. The molecule has 0 unspecified atom stereocenters. The third-order valence-electron chi connectivity index (χ3n) is 4.54. The summed E-state index contributed by atoms with van der Waals surface area (Å²) >= 11 is 0. The molecule has 0 heterocycles. The molecule has 1 aliphatic carbocycles. The van der Waals surface area contributed by atoms with Gasteiger partial charge in [-0.1, -0.05) is 13.3 Å². The summed E-state index contributed by atoms with van der Waals surface area (Å²) in [7, 11) is 2.13. The van der Waals surface area contributed by atoms with Gasteiger partial charge in [-0.3, -0.25) is 4.90 Å². The summed E-state index contributed by atoms with van der Waals surface area (Å²) in [5, 5.41) is 0. The Bertz CT molecular complexity index is 411. The molecule has 2 N–H and O–H groups in total. The molecular weight excluding hydrogens is 239 g/mol. The Labute approximate surface area is 115 Å². The van der Waals surface area contributed by atoms with Crippen LogP contribution in [0.2, 0.25) is 0 Å². The van der Waals surface area contributed by atoms with E-state index >= 15 is 0 Å². The second-order valence-corrected chi connectivity index (χ2v) is 5.84. The SMILES string of the molecule is CCC1CCC(N(C)Cc2cc(F)ccc2N)CC1.